The third-order valence-corrected chi connectivity index (χ3v) is 11.6. The van der Waals surface area contributed by atoms with Gasteiger partial charge in [-0.05, 0) is 28.7 Å². The first-order valence-electron chi connectivity index (χ1n) is 17.2. The fourth-order valence-corrected chi connectivity index (χ4v) is 8.34. The summed E-state index contributed by atoms with van der Waals surface area (Å²) in [4.78, 5) is 49.8. The molecule has 9 rings (SSSR count). The molecule has 0 amide bonds. The zero-order valence-corrected chi connectivity index (χ0v) is 35.8. The maximum atomic E-state index is 11.3. The normalized spacial score (nSPS) is 10.4. The molecule has 9 nitrogen and oxygen atoms in total. The summed E-state index contributed by atoms with van der Waals surface area (Å²) in [5, 5.41) is 3.25. The van der Waals surface area contributed by atoms with Gasteiger partial charge in [0.2, 0.25) is 0 Å². The number of fused-ring (bicyclic) bond motifs is 3. The molecule has 0 aliphatic carbocycles. The molecule has 0 aliphatic rings. The average molecular weight is 997 g/mol. The van der Waals surface area contributed by atoms with Gasteiger partial charge in [-0.25, -0.2) is 48.4 Å². The van der Waals surface area contributed by atoms with E-state index >= 15 is 0 Å². The van der Waals surface area contributed by atoms with Crippen LogP contribution in [-0.2, 0) is 34.3 Å². The second-order valence-corrected chi connectivity index (χ2v) is 15.1. The quantitative estimate of drug-likeness (QED) is 0.0912. The zero-order valence-electron chi connectivity index (χ0n) is 31.0. The van der Waals surface area contributed by atoms with Crippen LogP contribution in [0.5, 0.6) is 0 Å². The molecule has 0 saturated carbocycles. The number of pyridine rings is 3. The van der Waals surface area contributed by atoms with Gasteiger partial charge in [0, 0.05) is 35.7 Å². The molecule has 58 heavy (non-hydrogen) atoms. The van der Waals surface area contributed by atoms with Gasteiger partial charge in [-0.2, -0.15) is 0 Å². The SMILES string of the molecule is COC(=O)c1ccc(-c2[c-]c3ccccc3s2)nc1.COC(=O)c1ccc(-c2[c-]c3ccccc3s2)nc1.COC(=O)c1ccc(-c2[c-]c3ccccc3s2)nc1.[Ir+3]. The predicted octanol–water partition coefficient (Wildman–Crippen LogP) is 10.6. The van der Waals surface area contributed by atoms with Crippen molar-refractivity contribution in [3.05, 3.63) is 163 Å². The summed E-state index contributed by atoms with van der Waals surface area (Å²) in [7, 11) is 4.07. The van der Waals surface area contributed by atoms with Gasteiger partial charge in [0.25, 0.3) is 0 Å². The van der Waals surface area contributed by atoms with Crippen molar-refractivity contribution in [2.24, 2.45) is 0 Å². The fourth-order valence-electron chi connectivity index (χ4n) is 5.40. The summed E-state index contributed by atoms with van der Waals surface area (Å²) < 4.78 is 17.5. The molecule has 3 aromatic carbocycles. The van der Waals surface area contributed by atoms with Gasteiger partial charge < -0.3 is 29.2 Å². The first-order valence-corrected chi connectivity index (χ1v) is 19.6. The molecule has 0 N–H and O–H groups in total. The third kappa shape index (κ3) is 9.76. The number of hydrogen-bond acceptors (Lipinski definition) is 12. The Kier molecular flexibility index (Phi) is 14.0. The molecule has 0 saturated heterocycles. The number of nitrogens with zero attached hydrogens (tertiary/aromatic N) is 3. The number of hydrogen-bond donors (Lipinski definition) is 0. The van der Waals surface area contributed by atoms with Crippen LogP contribution in [0.2, 0.25) is 0 Å². The summed E-state index contributed by atoms with van der Waals surface area (Å²) >= 11 is 4.91. The molecule has 13 heteroatoms. The van der Waals surface area contributed by atoms with Crippen LogP contribution in [-0.4, -0.2) is 54.2 Å². The van der Waals surface area contributed by atoms with E-state index < -0.39 is 0 Å². The van der Waals surface area contributed by atoms with E-state index in [0.717, 1.165) is 47.9 Å². The van der Waals surface area contributed by atoms with Gasteiger partial charge in [-0.15, -0.1) is 70.8 Å². The molecule has 0 aliphatic heterocycles. The second kappa shape index (κ2) is 19.5. The van der Waals surface area contributed by atoms with Gasteiger partial charge in [-0.3, -0.25) is 0 Å². The number of thiophene rings is 3. The maximum absolute atomic E-state index is 11.3. The monoisotopic (exact) mass is 997 g/mol. The smallest absolute Gasteiger partial charge is 0.465 e. The van der Waals surface area contributed by atoms with Crippen molar-refractivity contribution in [2.45, 2.75) is 0 Å². The van der Waals surface area contributed by atoms with E-state index in [9.17, 15) is 14.4 Å². The molecule has 0 fully saturated rings. The van der Waals surface area contributed by atoms with Crippen molar-refractivity contribution < 1.29 is 48.7 Å². The number of esters is 3. The van der Waals surface area contributed by atoms with E-state index in [4.69, 9.17) is 0 Å². The minimum Gasteiger partial charge on any atom is -0.465 e. The topological polar surface area (TPSA) is 118 Å². The van der Waals surface area contributed by atoms with Crippen LogP contribution in [0.25, 0.3) is 62.0 Å². The first-order chi connectivity index (χ1) is 27.8. The van der Waals surface area contributed by atoms with Crippen molar-refractivity contribution in [3.8, 4) is 31.7 Å². The van der Waals surface area contributed by atoms with Crippen LogP contribution in [0.1, 0.15) is 31.1 Å². The van der Waals surface area contributed by atoms with E-state index in [1.165, 1.54) is 54.0 Å². The number of aromatic nitrogens is 3. The Morgan fingerprint density at radius 3 is 0.931 bits per heavy atom. The van der Waals surface area contributed by atoms with Crippen molar-refractivity contribution in [1.82, 2.24) is 15.0 Å². The maximum Gasteiger partial charge on any atom is 3.00 e. The third-order valence-electron chi connectivity index (χ3n) is 8.29. The molecule has 288 valence electrons. The molecule has 0 radical (unpaired) electrons. The molecule has 0 unspecified atom stereocenters. The summed E-state index contributed by atoms with van der Waals surface area (Å²) in [6.07, 6.45) is 4.58. The van der Waals surface area contributed by atoms with Crippen LogP contribution >= 0.6 is 34.0 Å². The van der Waals surface area contributed by atoms with Crippen LogP contribution in [0, 0.1) is 18.2 Å². The van der Waals surface area contributed by atoms with E-state index in [-0.39, 0.29) is 38.0 Å². The summed E-state index contributed by atoms with van der Waals surface area (Å²) in [6.45, 7) is 0. The van der Waals surface area contributed by atoms with E-state index in [1.54, 1.807) is 52.2 Å². The first kappa shape index (κ1) is 41.7. The van der Waals surface area contributed by atoms with Crippen LogP contribution < -0.4 is 0 Å². The Bertz CT molecular complexity index is 2410. The molecular formula is C45H30IrN3O6S3. The molecular weight excluding hydrogens is 967 g/mol. The Hall–Kier alpha value is -5.95. The van der Waals surface area contributed by atoms with E-state index in [1.807, 2.05) is 72.8 Å². The van der Waals surface area contributed by atoms with E-state index in [0.29, 0.717) is 16.7 Å². The van der Waals surface area contributed by atoms with Crippen molar-refractivity contribution in [3.63, 3.8) is 0 Å². The Morgan fingerprint density at radius 2 is 0.707 bits per heavy atom. The Balaban J connectivity index is 0.000000145. The number of carbonyl (C=O) groups excluding carboxylic acids is 3. The number of rotatable bonds is 6. The van der Waals surface area contributed by atoms with Gasteiger partial charge in [0.1, 0.15) is 0 Å². The van der Waals surface area contributed by atoms with Crippen LogP contribution in [0.15, 0.2) is 128 Å². The van der Waals surface area contributed by atoms with E-state index in [2.05, 4.69) is 65.6 Å². The number of benzene rings is 3. The van der Waals surface area contributed by atoms with Gasteiger partial charge in [0.05, 0.1) is 38.0 Å². The fraction of sp³-hybridized carbons (Fsp3) is 0.0667. The molecule has 6 aromatic heterocycles. The number of ether oxygens (including phenoxy) is 3. The van der Waals surface area contributed by atoms with Crippen molar-refractivity contribution >= 4 is 82.2 Å². The van der Waals surface area contributed by atoms with Gasteiger partial charge in [0.15, 0.2) is 0 Å². The summed E-state index contributed by atoms with van der Waals surface area (Å²) in [5.41, 5.74) is 3.80. The largest absolute Gasteiger partial charge is 3.00 e. The molecule has 6 heterocycles. The molecule has 0 atom stereocenters. The zero-order chi connectivity index (χ0) is 39.7. The van der Waals surface area contributed by atoms with Crippen molar-refractivity contribution in [2.75, 3.05) is 21.3 Å². The average Bonchev–Trinajstić information content (AvgIpc) is 4.03. The molecule has 0 spiro atoms. The van der Waals surface area contributed by atoms with Gasteiger partial charge >= 0.3 is 38.0 Å². The Morgan fingerprint density at radius 1 is 0.431 bits per heavy atom. The number of carbonyl (C=O) groups is 3. The van der Waals surface area contributed by atoms with Gasteiger partial charge in [-0.1, -0.05) is 72.8 Å². The van der Waals surface area contributed by atoms with Crippen LogP contribution in [0.4, 0.5) is 0 Å². The standard InChI is InChI=1S/3C15H10NO2S.Ir/c3*1-18-15(17)11-6-7-12(16-9-11)14-8-10-4-2-3-5-13(10)19-14;/h3*2-7,9H,1H3;/q3*-1;+3. The number of methoxy groups -OCH3 is 3. The Labute approximate surface area is 359 Å². The minimum absolute atomic E-state index is 0. The molecule has 9 aromatic rings. The summed E-state index contributed by atoms with van der Waals surface area (Å²) in [5.74, 6) is -1.13. The minimum atomic E-state index is -0.376. The summed E-state index contributed by atoms with van der Waals surface area (Å²) in [6, 6.07) is 44.8. The second-order valence-electron chi connectivity index (χ2n) is 11.9. The van der Waals surface area contributed by atoms with Crippen LogP contribution in [0.3, 0.4) is 0 Å². The predicted molar refractivity (Wildman–Crippen MR) is 226 cm³/mol. The van der Waals surface area contributed by atoms with Crippen molar-refractivity contribution in [1.29, 1.82) is 0 Å². The molecule has 0 bridgehead atoms.